The van der Waals surface area contributed by atoms with Gasteiger partial charge < -0.3 is 9.73 Å². The van der Waals surface area contributed by atoms with Crippen LogP contribution in [0.5, 0.6) is 0 Å². The Morgan fingerprint density at radius 1 is 1.15 bits per heavy atom. The van der Waals surface area contributed by atoms with E-state index in [-0.39, 0.29) is 17.0 Å². The molecular formula is C21H23FN4O5S2. The second-order valence-corrected chi connectivity index (χ2v) is 10.5. The summed E-state index contributed by atoms with van der Waals surface area (Å²) in [5.74, 6) is 0.205. The van der Waals surface area contributed by atoms with Crippen LogP contribution >= 0.6 is 0 Å². The van der Waals surface area contributed by atoms with Crippen molar-refractivity contribution in [2.75, 3.05) is 18.4 Å². The number of hydrogen-bond donors (Lipinski definition) is 1. The maximum atomic E-state index is 14.2. The van der Waals surface area contributed by atoms with Crippen LogP contribution in [-0.2, 0) is 21.6 Å². The number of hydrogen-bond acceptors (Lipinski definition) is 8. The number of halogens is 1. The topological polar surface area (TPSA) is 122 Å². The third-order valence-electron chi connectivity index (χ3n) is 5.96. The SMILES string of the molecule is Cc1ccc(Nc2ncnc3c(C4CCN(S(=O)(=O)C5CC5)CC4)coc23)c(F)c1.O=S=O. The molecule has 3 heterocycles. The first-order chi connectivity index (χ1) is 15.8. The lowest BCUT2D eigenvalue weighted by molar-refractivity contribution is 0.319. The molecule has 0 radical (unpaired) electrons. The van der Waals surface area contributed by atoms with Gasteiger partial charge in [0.1, 0.15) is 17.7 Å². The van der Waals surface area contributed by atoms with Crippen LogP contribution in [0.25, 0.3) is 11.1 Å². The quantitative estimate of drug-likeness (QED) is 0.573. The Bertz CT molecular complexity index is 1300. The molecule has 33 heavy (non-hydrogen) atoms. The largest absolute Gasteiger partial charge is 0.458 e. The highest BCUT2D eigenvalue weighted by atomic mass is 32.2. The first-order valence-corrected chi connectivity index (χ1v) is 12.7. The summed E-state index contributed by atoms with van der Waals surface area (Å²) in [4.78, 5) is 8.62. The van der Waals surface area contributed by atoms with E-state index < -0.39 is 21.6 Å². The molecule has 3 aromatic rings. The zero-order valence-electron chi connectivity index (χ0n) is 17.9. The number of nitrogens with zero attached hydrogens (tertiary/aromatic N) is 3. The van der Waals surface area contributed by atoms with Crippen LogP contribution in [-0.4, -0.2) is 49.4 Å². The molecule has 1 N–H and O–H groups in total. The van der Waals surface area contributed by atoms with E-state index in [1.807, 2.05) is 13.0 Å². The van der Waals surface area contributed by atoms with Crippen LogP contribution in [0.1, 0.15) is 42.7 Å². The molecule has 1 aliphatic carbocycles. The molecule has 1 saturated carbocycles. The first kappa shape index (κ1) is 23.5. The van der Waals surface area contributed by atoms with Gasteiger partial charge in [-0.1, -0.05) is 6.07 Å². The Labute approximate surface area is 194 Å². The van der Waals surface area contributed by atoms with E-state index in [0.29, 0.717) is 35.7 Å². The zero-order chi connectivity index (χ0) is 23.6. The van der Waals surface area contributed by atoms with Crippen LogP contribution in [0, 0.1) is 12.7 Å². The Morgan fingerprint density at radius 3 is 2.48 bits per heavy atom. The molecule has 5 rings (SSSR count). The molecule has 0 atom stereocenters. The number of fused-ring (bicyclic) bond motifs is 1. The number of aryl methyl sites for hydroxylation is 1. The molecular weight excluding hydrogens is 471 g/mol. The fraction of sp³-hybridized carbons (Fsp3) is 0.429. The predicted molar refractivity (Wildman–Crippen MR) is 121 cm³/mol. The number of aromatic nitrogens is 2. The molecule has 1 aromatic carbocycles. The van der Waals surface area contributed by atoms with Gasteiger partial charge in [-0.15, -0.1) is 0 Å². The van der Waals surface area contributed by atoms with E-state index in [9.17, 15) is 12.8 Å². The second-order valence-electron chi connectivity index (χ2n) is 8.19. The monoisotopic (exact) mass is 494 g/mol. The van der Waals surface area contributed by atoms with Crippen LogP contribution in [0.2, 0.25) is 0 Å². The highest BCUT2D eigenvalue weighted by Gasteiger charge is 2.41. The van der Waals surface area contributed by atoms with E-state index in [2.05, 4.69) is 15.3 Å². The number of nitrogens with one attached hydrogen (secondary N) is 1. The summed E-state index contributed by atoms with van der Waals surface area (Å²) in [5.41, 5.74) is 3.26. The van der Waals surface area contributed by atoms with Crippen molar-refractivity contribution < 1.29 is 25.6 Å². The fourth-order valence-corrected chi connectivity index (χ4v) is 5.97. The second kappa shape index (κ2) is 9.65. The minimum atomic E-state index is -3.13. The molecule has 2 fully saturated rings. The molecule has 0 unspecified atom stereocenters. The first-order valence-electron chi connectivity index (χ1n) is 10.5. The Hall–Kier alpha value is -2.70. The fourth-order valence-electron chi connectivity index (χ4n) is 4.09. The third kappa shape index (κ3) is 4.97. The van der Waals surface area contributed by atoms with Crippen molar-refractivity contribution in [1.82, 2.24) is 14.3 Å². The van der Waals surface area contributed by atoms with Crippen LogP contribution in [0.3, 0.4) is 0 Å². The molecule has 0 amide bonds. The number of furan rings is 1. The van der Waals surface area contributed by atoms with Crippen LogP contribution in [0.15, 0.2) is 35.2 Å². The predicted octanol–water partition coefficient (Wildman–Crippen LogP) is 3.42. The van der Waals surface area contributed by atoms with Crippen LogP contribution in [0.4, 0.5) is 15.9 Å². The molecule has 1 saturated heterocycles. The van der Waals surface area contributed by atoms with E-state index in [4.69, 9.17) is 12.8 Å². The van der Waals surface area contributed by atoms with E-state index in [0.717, 1.165) is 36.8 Å². The van der Waals surface area contributed by atoms with Crippen LogP contribution < -0.4 is 5.32 Å². The van der Waals surface area contributed by atoms with Crippen molar-refractivity contribution in [3.8, 4) is 0 Å². The lowest BCUT2D eigenvalue weighted by Gasteiger charge is -2.30. The Kier molecular flexibility index (Phi) is 6.86. The molecule has 2 aromatic heterocycles. The van der Waals surface area contributed by atoms with Gasteiger partial charge in [-0.2, -0.15) is 8.42 Å². The molecule has 0 spiro atoms. The number of piperidine rings is 1. The maximum absolute atomic E-state index is 14.2. The lowest BCUT2D eigenvalue weighted by Crippen LogP contribution is -2.39. The Morgan fingerprint density at radius 2 is 1.85 bits per heavy atom. The molecule has 1 aliphatic heterocycles. The molecule has 9 nitrogen and oxygen atoms in total. The highest BCUT2D eigenvalue weighted by Crippen LogP contribution is 2.38. The van der Waals surface area contributed by atoms with Crippen molar-refractivity contribution >= 4 is 44.2 Å². The smallest absolute Gasteiger partial charge is 0.335 e. The highest BCUT2D eigenvalue weighted by molar-refractivity contribution is 7.90. The third-order valence-corrected chi connectivity index (χ3v) is 8.36. The van der Waals surface area contributed by atoms with Gasteiger partial charge in [-0.25, -0.2) is 27.1 Å². The van der Waals surface area contributed by atoms with E-state index >= 15 is 0 Å². The average molecular weight is 495 g/mol. The minimum Gasteiger partial charge on any atom is -0.458 e. The summed E-state index contributed by atoms with van der Waals surface area (Å²) in [5, 5.41) is 2.82. The summed E-state index contributed by atoms with van der Waals surface area (Å²) in [7, 11) is -3.13. The van der Waals surface area contributed by atoms with Gasteiger partial charge in [-0.05, 0) is 56.2 Å². The maximum Gasteiger partial charge on any atom is 0.335 e. The van der Waals surface area contributed by atoms with E-state index in [1.54, 1.807) is 16.6 Å². The van der Waals surface area contributed by atoms with Gasteiger partial charge in [0.05, 0.1) is 17.2 Å². The number of rotatable bonds is 5. The zero-order valence-corrected chi connectivity index (χ0v) is 19.5. The molecule has 2 aliphatic rings. The summed E-state index contributed by atoms with van der Waals surface area (Å²) >= 11 is -0.750. The Balaban J connectivity index is 0.000000821. The number of benzene rings is 1. The van der Waals surface area contributed by atoms with Crippen molar-refractivity contribution in [1.29, 1.82) is 0 Å². The van der Waals surface area contributed by atoms with Crippen molar-refractivity contribution in [2.45, 2.75) is 43.8 Å². The van der Waals surface area contributed by atoms with Crippen molar-refractivity contribution in [2.24, 2.45) is 0 Å². The molecule has 0 bridgehead atoms. The van der Waals surface area contributed by atoms with Gasteiger partial charge in [0, 0.05) is 18.7 Å². The number of sulfonamides is 1. The van der Waals surface area contributed by atoms with Gasteiger partial charge in [-0.3, -0.25) is 0 Å². The lowest BCUT2D eigenvalue weighted by atomic mass is 9.91. The standard InChI is InChI=1S/C21H23FN4O3S.O2S/c1-13-2-5-18(17(22)10-13)25-21-20-19(23-12-24-21)16(11-29-20)14-6-8-26(9-7-14)30(27,28)15-3-4-15;1-3-2/h2,5,10-12,14-15H,3-4,6-9H2,1H3,(H,23,24,25);. The summed E-state index contributed by atoms with van der Waals surface area (Å²) in [6.45, 7) is 2.86. The molecule has 176 valence electrons. The van der Waals surface area contributed by atoms with Gasteiger partial charge in [0.15, 0.2) is 11.4 Å². The minimum absolute atomic E-state index is 0.163. The van der Waals surface area contributed by atoms with E-state index in [1.165, 1.54) is 12.4 Å². The van der Waals surface area contributed by atoms with Crippen molar-refractivity contribution in [3.05, 3.63) is 47.7 Å². The van der Waals surface area contributed by atoms with Gasteiger partial charge >= 0.3 is 11.6 Å². The molecule has 12 heteroatoms. The normalized spacial score (nSPS) is 17.4. The van der Waals surface area contributed by atoms with Crippen molar-refractivity contribution in [3.63, 3.8) is 0 Å². The van der Waals surface area contributed by atoms with Gasteiger partial charge in [0.25, 0.3) is 0 Å². The average Bonchev–Trinajstić information content (AvgIpc) is 3.57. The summed E-state index contributed by atoms with van der Waals surface area (Å²) < 4.78 is 63.2. The summed E-state index contributed by atoms with van der Waals surface area (Å²) in [6.07, 6.45) is 6.11. The number of anilines is 2. The summed E-state index contributed by atoms with van der Waals surface area (Å²) in [6, 6.07) is 4.94. The van der Waals surface area contributed by atoms with Gasteiger partial charge in [0.2, 0.25) is 10.0 Å².